The summed E-state index contributed by atoms with van der Waals surface area (Å²) < 4.78 is 2.29. The average molecular weight is 958 g/mol. The second kappa shape index (κ2) is 26.2. The van der Waals surface area contributed by atoms with E-state index in [2.05, 4.69) is 176 Å². The lowest BCUT2D eigenvalue weighted by molar-refractivity contribution is 0.0697. The molecule has 0 unspecified atom stereocenters. The van der Waals surface area contributed by atoms with Gasteiger partial charge in [-0.2, -0.15) is 0 Å². The first-order valence-corrected chi connectivity index (χ1v) is 27.8. The average Bonchev–Trinajstić information content (AvgIpc) is 3.74. The van der Waals surface area contributed by atoms with Gasteiger partial charge in [0.1, 0.15) is 0 Å². The summed E-state index contributed by atoms with van der Waals surface area (Å²) in [4.78, 5) is 16.9. The van der Waals surface area contributed by atoms with Crippen molar-refractivity contribution in [1.82, 2.24) is 4.57 Å². The molecule has 72 heavy (non-hydrogen) atoms. The largest absolute Gasteiger partial charge is 0.478 e. The van der Waals surface area contributed by atoms with E-state index in [4.69, 9.17) is 0 Å². The molecule has 0 atom stereocenters. The number of unbranched alkanes of at least 4 members (excludes halogenated alkanes) is 12. The Labute approximate surface area is 431 Å². The molecule has 0 spiro atoms. The minimum absolute atomic E-state index is 0.272. The maximum Gasteiger partial charge on any atom is 0.335 e. The van der Waals surface area contributed by atoms with Crippen molar-refractivity contribution in [3.8, 4) is 5.69 Å². The molecule has 5 nitrogen and oxygen atoms in total. The topological polar surface area (TPSA) is 48.7 Å². The van der Waals surface area contributed by atoms with Gasteiger partial charge in [0.25, 0.3) is 0 Å². The summed E-state index contributed by atoms with van der Waals surface area (Å²) >= 11 is 0. The minimum atomic E-state index is -0.929. The van der Waals surface area contributed by atoms with Crippen LogP contribution in [0.25, 0.3) is 27.5 Å². The number of rotatable bonds is 28. The van der Waals surface area contributed by atoms with E-state index in [1.165, 1.54) is 125 Å². The van der Waals surface area contributed by atoms with Crippen LogP contribution < -0.4 is 9.80 Å². The zero-order valence-corrected chi connectivity index (χ0v) is 43.9. The summed E-state index contributed by atoms with van der Waals surface area (Å²) in [6.07, 6.45) is 24.4. The molecule has 0 saturated carbocycles. The lowest BCUT2D eigenvalue weighted by Gasteiger charge is -2.26. The van der Waals surface area contributed by atoms with Gasteiger partial charge in [-0.1, -0.05) is 153 Å². The molecule has 0 aliphatic heterocycles. The van der Waals surface area contributed by atoms with Crippen LogP contribution in [0.4, 0.5) is 34.1 Å². The maximum atomic E-state index is 12.0. The van der Waals surface area contributed by atoms with Crippen LogP contribution in [0.1, 0.15) is 163 Å². The van der Waals surface area contributed by atoms with E-state index in [-0.39, 0.29) is 5.56 Å². The molecule has 374 valence electrons. The van der Waals surface area contributed by atoms with Crippen molar-refractivity contribution >= 4 is 61.9 Å². The Kier molecular flexibility index (Phi) is 18.8. The van der Waals surface area contributed by atoms with E-state index in [1.807, 2.05) is 12.1 Å². The van der Waals surface area contributed by atoms with Crippen LogP contribution in [0.15, 0.2) is 158 Å². The Morgan fingerprint density at radius 2 is 0.653 bits per heavy atom. The lowest BCUT2D eigenvalue weighted by atomic mass is 10.0. The van der Waals surface area contributed by atoms with E-state index in [0.29, 0.717) is 0 Å². The Hall–Kier alpha value is -6.59. The smallest absolute Gasteiger partial charge is 0.335 e. The first-order valence-electron chi connectivity index (χ1n) is 27.8. The number of carboxylic acids is 1. The molecule has 8 rings (SSSR count). The molecular weight excluding hydrogens is 879 g/mol. The Bertz CT molecular complexity index is 2630. The molecule has 1 aromatic heterocycles. The number of benzene rings is 7. The standard InChI is InChI=1S/C67H79N3O2/c1-5-9-13-17-21-51-25-35-56(36-26-51)68(57-37-27-52(28-38-57)22-18-14-10-6-2)61-45-47-65-63(49-61)64-50-62(46-48-66(64)70(65)60-43-33-55(34-44-60)67(71)72)69(58-39-29-53(30-40-58)23-19-15-11-7-3)59-41-31-54(32-42-59)24-20-16-12-8-4/h25-50H,5-24H2,1-4H3,(H,71,72). The second-order valence-electron chi connectivity index (χ2n) is 20.2. The number of anilines is 6. The summed E-state index contributed by atoms with van der Waals surface area (Å²) in [7, 11) is 0. The monoisotopic (exact) mass is 958 g/mol. The Morgan fingerprint density at radius 3 is 0.931 bits per heavy atom. The fourth-order valence-corrected chi connectivity index (χ4v) is 10.5. The molecule has 1 heterocycles. The number of aromatic carboxylic acids is 1. The highest BCUT2D eigenvalue weighted by Gasteiger charge is 2.21. The molecule has 0 fully saturated rings. The van der Waals surface area contributed by atoms with Gasteiger partial charge in [0.15, 0.2) is 0 Å². The summed E-state index contributed by atoms with van der Waals surface area (Å²) in [6, 6.07) is 58.0. The molecule has 0 amide bonds. The summed E-state index contributed by atoms with van der Waals surface area (Å²) in [5, 5.41) is 12.1. The molecule has 0 aliphatic carbocycles. The van der Waals surface area contributed by atoms with Crippen molar-refractivity contribution in [2.45, 2.75) is 156 Å². The fourth-order valence-electron chi connectivity index (χ4n) is 10.5. The third kappa shape index (κ3) is 13.1. The molecular formula is C67H79N3O2. The number of carboxylic acid groups (broad SMARTS) is 1. The first-order chi connectivity index (χ1) is 35.4. The number of aromatic nitrogens is 1. The van der Waals surface area contributed by atoms with Crippen molar-refractivity contribution < 1.29 is 9.90 Å². The van der Waals surface area contributed by atoms with Crippen LogP contribution in [-0.2, 0) is 25.7 Å². The number of hydrogen-bond donors (Lipinski definition) is 1. The zero-order chi connectivity index (χ0) is 50.1. The molecule has 0 saturated heterocycles. The quantitative estimate of drug-likeness (QED) is 0.0497. The highest BCUT2D eigenvalue weighted by molar-refractivity contribution is 6.12. The molecule has 0 radical (unpaired) electrons. The van der Waals surface area contributed by atoms with Gasteiger partial charge in [-0.3, -0.25) is 0 Å². The molecule has 5 heteroatoms. The highest BCUT2D eigenvalue weighted by Crippen LogP contribution is 2.43. The van der Waals surface area contributed by atoms with Crippen LogP contribution in [0.5, 0.6) is 0 Å². The van der Waals surface area contributed by atoms with E-state index in [1.54, 1.807) is 12.1 Å². The van der Waals surface area contributed by atoms with Gasteiger partial charge in [0, 0.05) is 50.6 Å². The minimum Gasteiger partial charge on any atom is -0.478 e. The summed E-state index contributed by atoms with van der Waals surface area (Å²) in [6.45, 7) is 9.09. The molecule has 7 aromatic carbocycles. The zero-order valence-electron chi connectivity index (χ0n) is 43.9. The number of fused-ring (bicyclic) bond motifs is 3. The molecule has 8 aromatic rings. The first kappa shape index (κ1) is 51.8. The Balaban J connectivity index is 1.26. The van der Waals surface area contributed by atoms with Crippen LogP contribution in [0.2, 0.25) is 0 Å². The SMILES string of the molecule is CCCCCCc1ccc(N(c2ccc(CCCCCC)cc2)c2ccc3c(c2)c2cc(N(c4ccc(CCCCCC)cc4)c4ccc(CCCCCC)cc4)ccc2n3-c2ccc(C(=O)O)cc2)cc1. The van der Waals surface area contributed by atoms with Crippen LogP contribution >= 0.6 is 0 Å². The van der Waals surface area contributed by atoms with Gasteiger partial charge in [-0.25, -0.2) is 4.79 Å². The van der Waals surface area contributed by atoms with E-state index in [0.717, 1.165) is 87.3 Å². The molecule has 0 aliphatic rings. The number of aryl methyl sites for hydroxylation is 4. The van der Waals surface area contributed by atoms with Crippen molar-refractivity contribution in [3.05, 3.63) is 186 Å². The van der Waals surface area contributed by atoms with Gasteiger partial charge < -0.3 is 19.5 Å². The van der Waals surface area contributed by atoms with Crippen molar-refractivity contribution in [1.29, 1.82) is 0 Å². The van der Waals surface area contributed by atoms with E-state index in [9.17, 15) is 9.90 Å². The van der Waals surface area contributed by atoms with Crippen LogP contribution in [0, 0.1) is 0 Å². The van der Waals surface area contributed by atoms with Gasteiger partial charge in [0.2, 0.25) is 0 Å². The van der Waals surface area contributed by atoms with Gasteiger partial charge in [0.05, 0.1) is 16.6 Å². The number of carbonyl (C=O) groups is 1. The maximum absolute atomic E-state index is 12.0. The fraction of sp³-hybridized carbons (Fsp3) is 0.358. The normalized spacial score (nSPS) is 11.4. The van der Waals surface area contributed by atoms with Crippen molar-refractivity contribution in [3.63, 3.8) is 0 Å². The van der Waals surface area contributed by atoms with Gasteiger partial charge in [-0.05, 0) is 183 Å². The predicted octanol–water partition coefficient (Wildman–Crippen LogP) is 19.9. The lowest BCUT2D eigenvalue weighted by Crippen LogP contribution is -2.10. The van der Waals surface area contributed by atoms with Gasteiger partial charge in [-0.15, -0.1) is 0 Å². The van der Waals surface area contributed by atoms with E-state index < -0.39 is 5.97 Å². The number of nitrogens with zero attached hydrogens (tertiary/aromatic N) is 3. The van der Waals surface area contributed by atoms with Crippen molar-refractivity contribution in [2.75, 3.05) is 9.80 Å². The van der Waals surface area contributed by atoms with Crippen LogP contribution in [-0.4, -0.2) is 15.6 Å². The summed E-state index contributed by atoms with van der Waals surface area (Å²) in [5.41, 5.74) is 15.5. The second-order valence-corrected chi connectivity index (χ2v) is 20.2. The highest BCUT2D eigenvalue weighted by atomic mass is 16.4. The van der Waals surface area contributed by atoms with Gasteiger partial charge >= 0.3 is 5.97 Å². The van der Waals surface area contributed by atoms with E-state index >= 15 is 0 Å². The van der Waals surface area contributed by atoms with Crippen molar-refractivity contribution in [2.24, 2.45) is 0 Å². The Morgan fingerprint density at radius 1 is 0.361 bits per heavy atom. The third-order valence-corrected chi connectivity index (χ3v) is 14.7. The number of hydrogen-bond acceptors (Lipinski definition) is 3. The molecule has 0 bridgehead atoms. The molecule has 1 N–H and O–H groups in total. The third-order valence-electron chi connectivity index (χ3n) is 14.7. The summed E-state index contributed by atoms with van der Waals surface area (Å²) in [5.74, 6) is -0.929. The van der Waals surface area contributed by atoms with Crippen LogP contribution in [0.3, 0.4) is 0 Å². The predicted molar refractivity (Wildman–Crippen MR) is 308 cm³/mol.